The van der Waals surface area contributed by atoms with Crippen LogP contribution < -0.4 is 15.8 Å². The molecule has 1 amide bonds. The van der Waals surface area contributed by atoms with E-state index in [1.807, 2.05) is 4.72 Å². The minimum atomic E-state index is -4.29. The van der Waals surface area contributed by atoms with Crippen molar-refractivity contribution in [3.05, 3.63) is 52.6 Å². The number of nitrogens with one attached hydrogen (secondary N) is 2. The van der Waals surface area contributed by atoms with E-state index in [0.717, 1.165) is 24.5 Å². The number of nitrogens with zero attached hydrogens (tertiary/aromatic N) is 1. The van der Waals surface area contributed by atoms with Gasteiger partial charge in [-0.3, -0.25) is 19.7 Å². The fourth-order valence-corrected chi connectivity index (χ4v) is 3.88. The molecule has 0 aliphatic heterocycles. The predicted molar refractivity (Wildman–Crippen MR) is 112 cm³/mol. The summed E-state index contributed by atoms with van der Waals surface area (Å²) in [5.41, 5.74) is 4.82. The van der Waals surface area contributed by atoms with Crippen LogP contribution in [-0.4, -0.2) is 53.0 Å². The number of nitro benzene ring substituents is 1. The minimum absolute atomic E-state index is 0.0562. The molecule has 4 N–H and O–H groups in total. The molecule has 2 aromatic rings. The summed E-state index contributed by atoms with van der Waals surface area (Å²) in [6.45, 7) is -1.57. The fraction of sp³-hybridized carbons (Fsp3) is 0.176. The first-order chi connectivity index (χ1) is 14.8. The van der Waals surface area contributed by atoms with E-state index in [9.17, 15) is 36.5 Å². The van der Waals surface area contributed by atoms with E-state index in [-0.39, 0.29) is 16.3 Å². The first kappa shape index (κ1) is 24.7. The van der Waals surface area contributed by atoms with Crippen LogP contribution in [0, 0.1) is 10.1 Å². The molecule has 0 radical (unpaired) electrons. The molecule has 0 bridgehead atoms. The van der Waals surface area contributed by atoms with Crippen molar-refractivity contribution in [2.24, 2.45) is 0 Å². The van der Waals surface area contributed by atoms with E-state index in [0.29, 0.717) is 0 Å². The molecular weight excluding hydrogens is 468 g/mol. The molecule has 2 rings (SSSR count). The molecule has 172 valence electrons. The first-order valence-electron chi connectivity index (χ1n) is 8.59. The average Bonchev–Trinajstić information content (AvgIpc) is 2.70. The van der Waals surface area contributed by atoms with Crippen LogP contribution in [0.3, 0.4) is 0 Å². The van der Waals surface area contributed by atoms with E-state index >= 15 is 0 Å². The number of esters is 1. The maximum Gasteiger partial charge on any atom is 0.321 e. The summed E-state index contributed by atoms with van der Waals surface area (Å²) in [4.78, 5) is 33.2. The molecule has 0 saturated heterocycles. The Morgan fingerprint density at radius 2 is 1.66 bits per heavy atom. The number of nitro groups is 1. The summed E-state index contributed by atoms with van der Waals surface area (Å²) in [6.07, 6.45) is 1.03. The number of sulfonamides is 1. The highest BCUT2D eigenvalue weighted by molar-refractivity contribution is 7.90. The molecule has 13 nitrogen and oxygen atoms in total. The number of carbonyl (C=O) groups excluding carboxylic acids is 2. The van der Waals surface area contributed by atoms with Crippen LogP contribution in [0.1, 0.15) is 0 Å². The van der Waals surface area contributed by atoms with Gasteiger partial charge in [0, 0.05) is 18.0 Å². The molecule has 0 aromatic heterocycles. The number of sulfone groups is 1. The van der Waals surface area contributed by atoms with Gasteiger partial charge in [-0.1, -0.05) is 0 Å². The summed E-state index contributed by atoms with van der Waals surface area (Å²) in [7, 11) is -7.69. The van der Waals surface area contributed by atoms with Crippen molar-refractivity contribution in [3.8, 4) is 0 Å². The summed E-state index contributed by atoms with van der Waals surface area (Å²) >= 11 is 0. The van der Waals surface area contributed by atoms with Gasteiger partial charge in [0.05, 0.1) is 14.7 Å². The molecule has 0 fully saturated rings. The van der Waals surface area contributed by atoms with Gasteiger partial charge in [-0.05, 0) is 36.4 Å². The zero-order valence-corrected chi connectivity index (χ0v) is 18.1. The van der Waals surface area contributed by atoms with Gasteiger partial charge in [-0.2, -0.15) is 4.72 Å². The zero-order valence-electron chi connectivity index (χ0n) is 16.5. The lowest BCUT2D eigenvalue weighted by atomic mass is 10.3. The Morgan fingerprint density at radius 1 is 1.06 bits per heavy atom. The predicted octanol–water partition coefficient (Wildman–Crippen LogP) is 0.0407. The van der Waals surface area contributed by atoms with E-state index in [2.05, 4.69) is 10.1 Å². The molecular formula is C17H18N4O9S2. The van der Waals surface area contributed by atoms with Crippen LogP contribution in [0.25, 0.3) is 0 Å². The van der Waals surface area contributed by atoms with Crippen molar-refractivity contribution >= 4 is 48.8 Å². The van der Waals surface area contributed by atoms with Crippen LogP contribution in [0.15, 0.2) is 52.3 Å². The third-order valence-corrected chi connectivity index (χ3v) is 6.37. The number of nitrogens with two attached hydrogens (primary N) is 1. The maximum atomic E-state index is 12.2. The SMILES string of the molecule is CS(=O)(=O)c1ccc(NC(=O)COC(=O)CNS(=O)(=O)c2ccc(N)c([N+](=O)[O-])c2)cc1. The topological polar surface area (TPSA) is 205 Å². The Kier molecular flexibility index (Phi) is 7.50. The van der Waals surface area contributed by atoms with Crippen molar-refractivity contribution in [2.45, 2.75) is 9.79 Å². The Balaban J connectivity index is 1.88. The lowest BCUT2D eigenvalue weighted by Crippen LogP contribution is -2.32. The Bertz CT molecular complexity index is 1260. The van der Waals surface area contributed by atoms with Gasteiger partial charge < -0.3 is 15.8 Å². The summed E-state index contributed by atoms with van der Waals surface area (Å²) in [5.74, 6) is -1.83. The van der Waals surface area contributed by atoms with Crippen LogP contribution in [0.5, 0.6) is 0 Å². The Hall–Kier alpha value is -3.56. The molecule has 0 aliphatic rings. The number of amides is 1. The van der Waals surface area contributed by atoms with Crippen LogP contribution in [-0.2, 0) is 34.2 Å². The fourth-order valence-electron chi connectivity index (χ4n) is 2.27. The molecule has 0 spiro atoms. The number of rotatable bonds is 9. The number of nitrogen functional groups attached to an aromatic ring is 1. The lowest BCUT2D eigenvalue weighted by Gasteiger charge is -2.09. The molecule has 0 atom stereocenters. The quantitative estimate of drug-likeness (QED) is 0.188. The van der Waals surface area contributed by atoms with Gasteiger partial charge in [0.1, 0.15) is 12.2 Å². The average molecular weight is 486 g/mol. The normalized spacial score (nSPS) is 11.5. The van der Waals surface area contributed by atoms with E-state index in [1.54, 1.807) is 0 Å². The van der Waals surface area contributed by atoms with Gasteiger partial charge in [-0.25, -0.2) is 16.8 Å². The van der Waals surface area contributed by atoms with Crippen LogP contribution in [0.4, 0.5) is 17.1 Å². The van der Waals surface area contributed by atoms with Crippen molar-refractivity contribution < 1.29 is 36.1 Å². The number of hydrogen-bond donors (Lipinski definition) is 3. The highest BCUT2D eigenvalue weighted by atomic mass is 32.2. The van der Waals surface area contributed by atoms with Crippen molar-refractivity contribution in [1.82, 2.24) is 4.72 Å². The Morgan fingerprint density at radius 3 is 2.22 bits per heavy atom. The van der Waals surface area contributed by atoms with Gasteiger partial charge in [-0.15, -0.1) is 0 Å². The van der Waals surface area contributed by atoms with Crippen molar-refractivity contribution in [2.75, 3.05) is 30.5 Å². The number of benzene rings is 2. The van der Waals surface area contributed by atoms with Crippen LogP contribution in [0.2, 0.25) is 0 Å². The molecule has 2 aromatic carbocycles. The van der Waals surface area contributed by atoms with Crippen LogP contribution >= 0.6 is 0 Å². The highest BCUT2D eigenvalue weighted by Crippen LogP contribution is 2.24. The maximum absolute atomic E-state index is 12.2. The van der Waals surface area contributed by atoms with Crippen molar-refractivity contribution in [1.29, 1.82) is 0 Å². The largest absolute Gasteiger partial charge is 0.455 e. The Labute approximate surface area is 182 Å². The number of anilines is 2. The molecule has 0 unspecified atom stereocenters. The standard InChI is InChI=1S/C17H18N4O9S2/c1-31(26,27)12-4-2-11(3-5-12)20-16(22)10-30-17(23)9-19-32(28,29)13-6-7-14(18)15(8-13)21(24)25/h2-8,19H,9-10,18H2,1H3,(H,20,22). The smallest absolute Gasteiger partial charge is 0.321 e. The minimum Gasteiger partial charge on any atom is -0.455 e. The second-order valence-electron chi connectivity index (χ2n) is 6.31. The molecule has 15 heteroatoms. The number of hydrogen-bond acceptors (Lipinski definition) is 10. The first-order valence-corrected chi connectivity index (χ1v) is 12.0. The van der Waals surface area contributed by atoms with E-state index in [1.165, 1.54) is 24.3 Å². The van der Waals surface area contributed by atoms with Gasteiger partial charge in [0.15, 0.2) is 16.4 Å². The third kappa shape index (κ3) is 6.73. The van der Waals surface area contributed by atoms with Gasteiger partial charge in [0.2, 0.25) is 10.0 Å². The summed E-state index contributed by atoms with van der Waals surface area (Å²) < 4.78 is 53.8. The lowest BCUT2D eigenvalue weighted by molar-refractivity contribution is -0.384. The second-order valence-corrected chi connectivity index (χ2v) is 10.1. The molecule has 0 saturated carbocycles. The molecule has 0 aliphatic carbocycles. The summed E-state index contributed by atoms with van der Waals surface area (Å²) in [5, 5.41) is 13.3. The number of carbonyl (C=O) groups is 2. The second kappa shape index (κ2) is 9.71. The van der Waals surface area contributed by atoms with E-state index < -0.39 is 60.4 Å². The van der Waals surface area contributed by atoms with Gasteiger partial charge >= 0.3 is 5.97 Å². The van der Waals surface area contributed by atoms with E-state index in [4.69, 9.17) is 5.73 Å². The zero-order chi connectivity index (χ0) is 24.1. The highest BCUT2D eigenvalue weighted by Gasteiger charge is 2.21. The molecule has 32 heavy (non-hydrogen) atoms. The monoisotopic (exact) mass is 486 g/mol. The molecule has 0 heterocycles. The van der Waals surface area contributed by atoms with Gasteiger partial charge in [0.25, 0.3) is 11.6 Å². The number of ether oxygens (including phenoxy) is 1. The van der Waals surface area contributed by atoms with Crippen molar-refractivity contribution in [3.63, 3.8) is 0 Å². The third-order valence-electron chi connectivity index (χ3n) is 3.85. The summed E-state index contributed by atoms with van der Waals surface area (Å²) in [6, 6.07) is 8.06.